The lowest BCUT2D eigenvalue weighted by molar-refractivity contribution is -0.158. The first-order valence-corrected chi connectivity index (χ1v) is 6.78. The van der Waals surface area contributed by atoms with Crippen molar-refractivity contribution in [3.63, 3.8) is 0 Å². The summed E-state index contributed by atoms with van der Waals surface area (Å²) in [5.74, 6) is 0.810. The van der Waals surface area contributed by atoms with Crippen LogP contribution in [0.3, 0.4) is 0 Å². The molecule has 108 valence electrons. The molecule has 1 saturated heterocycles. The Labute approximate surface area is 119 Å². The number of amides is 1. The van der Waals surface area contributed by atoms with Crippen LogP contribution in [0.2, 0.25) is 0 Å². The van der Waals surface area contributed by atoms with Crippen LogP contribution in [0.4, 0.5) is 0 Å². The van der Waals surface area contributed by atoms with Gasteiger partial charge in [0.2, 0.25) is 5.91 Å². The number of nitrogens with zero attached hydrogens (tertiary/aromatic N) is 1. The number of rotatable bonds is 4. The van der Waals surface area contributed by atoms with Crippen molar-refractivity contribution in [2.45, 2.75) is 19.4 Å². The van der Waals surface area contributed by atoms with Crippen LogP contribution in [0.1, 0.15) is 19.4 Å². The van der Waals surface area contributed by atoms with Crippen LogP contribution in [0.15, 0.2) is 30.3 Å². The van der Waals surface area contributed by atoms with Crippen LogP contribution in [0.5, 0.6) is 5.75 Å². The number of likely N-dealkylation sites (tertiary alicyclic amines) is 1. The fraction of sp³-hybridized carbons (Fsp3) is 0.438. The Bertz CT molecular complexity index is 516. The van der Waals surface area contributed by atoms with Crippen molar-refractivity contribution in [3.05, 3.63) is 35.9 Å². The monoisotopic (exact) mass is 275 g/mol. The van der Waals surface area contributed by atoms with Gasteiger partial charge in [0.15, 0.2) is 0 Å². The number of hydrogen-bond acceptors (Lipinski definition) is 3. The van der Waals surface area contributed by atoms with Gasteiger partial charge in [-0.2, -0.15) is 0 Å². The van der Waals surface area contributed by atoms with Gasteiger partial charge in [0, 0.05) is 11.6 Å². The van der Waals surface area contributed by atoms with Gasteiger partial charge in [-0.15, -0.1) is 0 Å². The third-order valence-electron chi connectivity index (χ3n) is 3.86. The quantitative estimate of drug-likeness (QED) is 0.854. The van der Waals surface area contributed by atoms with Crippen LogP contribution in [-0.4, -0.2) is 41.7 Å². The van der Waals surface area contributed by atoms with Crippen molar-refractivity contribution in [1.29, 1.82) is 0 Å². The molecule has 1 aliphatic heterocycles. The second-order valence-corrected chi connectivity index (χ2v) is 5.53. The predicted octanol–water partition coefficient (Wildman–Crippen LogP) is 1.94. The molecule has 0 saturated carbocycles. The summed E-state index contributed by atoms with van der Waals surface area (Å²) in [5.41, 5.74) is 0.136. The molecule has 1 heterocycles. The minimum Gasteiger partial charge on any atom is -0.496 e. The van der Waals surface area contributed by atoms with E-state index in [4.69, 9.17) is 4.74 Å². The normalized spacial score (nSPS) is 17.4. The molecular weight excluding hydrogens is 254 g/mol. The maximum Gasteiger partial charge on any atom is 0.246 e. The van der Waals surface area contributed by atoms with E-state index in [0.29, 0.717) is 13.1 Å². The van der Waals surface area contributed by atoms with Gasteiger partial charge in [-0.05, 0) is 18.1 Å². The standard InChI is InChI=1S/C16H21NO3/c1-12(2)16(19)10-17(11-16)15(18)9-8-13-6-4-5-7-14(13)20-3/h4-9,12,19H,10-11H2,1-3H3. The number of ether oxygens (including phenoxy) is 1. The highest BCUT2D eigenvalue weighted by atomic mass is 16.5. The van der Waals surface area contributed by atoms with Crippen LogP contribution in [-0.2, 0) is 4.79 Å². The van der Waals surface area contributed by atoms with E-state index in [1.807, 2.05) is 38.1 Å². The zero-order valence-corrected chi connectivity index (χ0v) is 12.2. The molecule has 0 unspecified atom stereocenters. The number of β-amino-alcohol motifs (C(OH)–C–C–N with tert-alkyl or cyclic N) is 1. The number of para-hydroxylation sites is 1. The minimum absolute atomic E-state index is 0.0822. The van der Waals surface area contributed by atoms with E-state index in [1.54, 1.807) is 18.1 Å². The predicted molar refractivity (Wildman–Crippen MR) is 78.4 cm³/mol. The van der Waals surface area contributed by atoms with E-state index < -0.39 is 5.60 Å². The zero-order chi connectivity index (χ0) is 14.8. The minimum atomic E-state index is -0.728. The van der Waals surface area contributed by atoms with Crippen molar-refractivity contribution in [1.82, 2.24) is 4.90 Å². The Morgan fingerprint density at radius 2 is 2.05 bits per heavy atom. The number of hydrogen-bond donors (Lipinski definition) is 1. The van der Waals surface area contributed by atoms with E-state index >= 15 is 0 Å². The fourth-order valence-electron chi connectivity index (χ4n) is 2.21. The second kappa shape index (κ2) is 5.67. The summed E-state index contributed by atoms with van der Waals surface area (Å²) in [5, 5.41) is 10.1. The van der Waals surface area contributed by atoms with Crippen molar-refractivity contribution in [3.8, 4) is 5.75 Å². The highest BCUT2D eigenvalue weighted by Gasteiger charge is 2.45. The van der Waals surface area contributed by atoms with Crippen LogP contribution < -0.4 is 4.74 Å². The summed E-state index contributed by atoms with van der Waals surface area (Å²) in [7, 11) is 1.60. The lowest BCUT2D eigenvalue weighted by Crippen LogP contribution is -2.65. The summed E-state index contributed by atoms with van der Waals surface area (Å²) < 4.78 is 5.23. The largest absolute Gasteiger partial charge is 0.496 e. The fourth-order valence-corrected chi connectivity index (χ4v) is 2.21. The number of carbonyl (C=O) groups excluding carboxylic acids is 1. The van der Waals surface area contributed by atoms with Gasteiger partial charge in [-0.3, -0.25) is 4.79 Å². The molecular formula is C16H21NO3. The first-order valence-electron chi connectivity index (χ1n) is 6.78. The third-order valence-corrected chi connectivity index (χ3v) is 3.86. The van der Waals surface area contributed by atoms with E-state index in [0.717, 1.165) is 11.3 Å². The van der Waals surface area contributed by atoms with E-state index in [-0.39, 0.29) is 11.8 Å². The molecule has 0 bridgehead atoms. The molecule has 0 aliphatic carbocycles. The van der Waals surface area contributed by atoms with Gasteiger partial charge >= 0.3 is 0 Å². The van der Waals surface area contributed by atoms with Crippen molar-refractivity contribution >= 4 is 12.0 Å². The zero-order valence-electron chi connectivity index (χ0n) is 12.2. The second-order valence-electron chi connectivity index (χ2n) is 5.53. The summed E-state index contributed by atoms with van der Waals surface area (Å²) >= 11 is 0. The van der Waals surface area contributed by atoms with E-state index in [2.05, 4.69) is 0 Å². The molecule has 1 amide bonds. The number of methoxy groups -OCH3 is 1. The average Bonchev–Trinajstić information content (AvgIpc) is 2.41. The third kappa shape index (κ3) is 2.85. The smallest absolute Gasteiger partial charge is 0.246 e. The molecule has 1 N–H and O–H groups in total. The molecule has 0 atom stereocenters. The van der Waals surface area contributed by atoms with E-state index in [1.165, 1.54) is 6.08 Å². The summed E-state index contributed by atoms with van der Waals surface area (Å²) in [6.45, 7) is 4.73. The van der Waals surface area contributed by atoms with Gasteiger partial charge in [0.25, 0.3) is 0 Å². The van der Waals surface area contributed by atoms with Gasteiger partial charge < -0.3 is 14.7 Å². The van der Waals surface area contributed by atoms with Gasteiger partial charge in [0.1, 0.15) is 11.4 Å². The molecule has 0 aromatic heterocycles. The molecule has 4 nitrogen and oxygen atoms in total. The maximum atomic E-state index is 12.0. The SMILES string of the molecule is COc1ccccc1C=CC(=O)N1CC(O)(C(C)C)C1. The maximum absolute atomic E-state index is 12.0. The molecule has 1 fully saturated rings. The molecule has 0 spiro atoms. The molecule has 2 rings (SSSR count). The van der Waals surface area contributed by atoms with Gasteiger partial charge in [-0.1, -0.05) is 32.0 Å². The molecule has 20 heavy (non-hydrogen) atoms. The summed E-state index contributed by atoms with van der Waals surface area (Å²) in [6.07, 6.45) is 3.27. The average molecular weight is 275 g/mol. The Hall–Kier alpha value is -1.81. The molecule has 1 aromatic carbocycles. The van der Waals surface area contributed by atoms with E-state index in [9.17, 15) is 9.90 Å². The highest BCUT2D eigenvalue weighted by Crippen LogP contribution is 2.28. The van der Waals surface area contributed by atoms with Crippen molar-refractivity contribution < 1.29 is 14.6 Å². The van der Waals surface area contributed by atoms with Gasteiger partial charge in [0.05, 0.1) is 20.2 Å². The lowest BCUT2D eigenvalue weighted by Gasteiger charge is -2.48. The Balaban J connectivity index is 1.98. The Morgan fingerprint density at radius 1 is 1.40 bits per heavy atom. The van der Waals surface area contributed by atoms with Crippen LogP contribution in [0, 0.1) is 5.92 Å². The molecule has 1 aliphatic rings. The lowest BCUT2D eigenvalue weighted by atomic mass is 9.83. The van der Waals surface area contributed by atoms with Gasteiger partial charge in [-0.25, -0.2) is 0 Å². The topological polar surface area (TPSA) is 49.8 Å². The first-order chi connectivity index (χ1) is 9.46. The number of aliphatic hydroxyl groups is 1. The number of carbonyl (C=O) groups is 1. The Morgan fingerprint density at radius 3 is 2.65 bits per heavy atom. The summed E-state index contributed by atoms with van der Waals surface area (Å²) in [6, 6.07) is 7.53. The van der Waals surface area contributed by atoms with Crippen LogP contribution in [0.25, 0.3) is 6.08 Å². The summed E-state index contributed by atoms with van der Waals surface area (Å²) in [4.78, 5) is 13.6. The Kier molecular flexibility index (Phi) is 4.14. The first kappa shape index (κ1) is 14.6. The van der Waals surface area contributed by atoms with Crippen molar-refractivity contribution in [2.75, 3.05) is 20.2 Å². The highest BCUT2D eigenvalue weighted by molar-refractivity contribution is 5.92. The van der Waals surface area contributed by atoms with Crippen molar-refractivity contribution in [2.24, 2.45) is 5.92 Å². The molecule has 0 radical (unpaired) electrons. The molecule has 4 heteroatoms. The van der Waals surface area contributed by atoms with Crippen LogP contribution >= 0.6 is 0 Å². The molecule has 1 aromatic rings. The number of benzene rings is 1.